The molecule has 0 spiro atoms. The molecule has 2 unspecified atom stereocenters. The van der Waals surface area contributed by atoms with Crippen LogP contribution in [0.15, 0.2) is 66.9 Å². The lowest BCUT2D eigenvalue weighted by Gasteiger charge is -2.38. The average Bonchev–Trinajstić information content (AvgIpc) is 3.27. The molecule has 0 saturated carbocycles. The first kappa shape index (κ1) is 17.7. The summed E-state index contributed by atoms with van der Waals surface area (Å²) >= 11 is 0. The Hall–Kier alpha value is -2.39. The minimum atomic E-state index is 0.241. The fourth-order valence-electron chi connectivity index (χ4n) is 5.57. The van der Waals surface area contributed by atoms with E-state index in [1.54, 1.807) is 0 Å². The highest BCUT2D eigenvalue weighted by atomic mass is 15.2. The molecule has 3 heterocycles. The van der Waals surface area contributed by atoms with Gasteiger partial charge in [-0.05, 0) is 43.5 Å². The van der Waals surface area contributed by atoms with Crippen molar-refractivity contribution in [1.82, 2.24) is 14.5 Å². The molecule has 5 rings (SSSR count). The summed E-state index contributed by atoms with van der Waals surface area (Å²) in [6.45, 7) is 5.73. The zero-order valence-corrected chi connectivity index (χ0v) is 16.7. The number of likely N-dealkylation sites (tertiary alicyclic amines) is 1. The molecule has 2 atom stereocenters. The third-order valence-corrected chi connectivity index (χ3v) is 6.94. The van der Waals surface area contributed by atoms with E-state index in [2.05, 4.69) is 83.3 Å². The van der Waals surface area contributed by atoms with Crippen molar-refractivity contribution in [3.63, 3.8) is 0 Å². The Labute approximate surface area is 168 Å². The molecule has 0 aliphatic carbocycles. The third kappa shape index (κ3) is 2.80. The lowest BCUT2D eigenvalue weighted by Crippen LogP contribution is -2.45. The molecule has 2 aliphatic heterocycles. The summed E-state index contributed by atoms with van der Waals surface area (Å²) in [6, 6.07) is 22.6. The van der Waals surface area contributed by atoms with Gasteiger partial charge in [0.1, 0.15) is 5.82 Å². The standard InChI is InChI=1S/C25H29N3/c1-2-16-27-17-15-25(21-11-7-4-8-12-21)14-13-24-26-18-22(28(24)19-23(25)27)20-9-5-3-6-10-20/h3-12,18,23H,2,13-17,19H2,1H3. The number of hydrogen-bond donors (Lipinski definition) is 0. The second-order valence-electron chi connectivity index (χ2n) is 8.36. The van der Waals surface area contributed by atoms with Crippen LogP contribution in [0.4, 0.5) is 0 Å². The predicted octanol–water partition coefficient (Wildman–Crippen LogP) is 4.92. The van der Waals surface area contributed by atoms with E-state index in [-0.39, 0.29) is 5.41 Å². The van der Waals surface area contributed by atoms with Gasteiger partial charge in [-0.2, -0.15) is 0 Å². The molecule has 144 valence electrons. The number of aromatic nitrogens is 2. The molecule has 1 aromatic heterocycles. The molecule has 3 aromatic rings. The first-order valence-electron chi connectivity index (χ1n) is 10.7. The first-order valence-corrected chi connectivity index (χ1v) is 10.7. The SMILES string of the molecule is CCCN1CCC2(c3ccccc3)CCc3ncc(-c4ccccc4)n3CC12. The van der Waals surface area contributed by atoms with Gasteiger partial charge in [0, 0.05) is 24.4 Å². The van der Waals surface area contributed by atoms with Crippen LogP contribution in [0.1, 0.15) is 37.6 Å². The Balaban J connectivity index is 1.59. The minimum Gasteiger partial charge on any atom is -0.326 e. The number of aryl methyl sites for hydroxylation is 1. The minimum absolute atomic E-state index is 0.241. The highest BCUT2D eigenvalue weighted by Gasteiger charge is 2.49. The molecule has 0 bridgehead atoms. The van der Waals surface area contributed by atoms with Crippen molar-refractivity contribution in [3.8, 4) is 11.3 Å². The van der Waals surface area contributed by atoms with Crippen LogP contribution in [-0.4, -0.2) is 33.6 Å². The molecule has 1 fully saturated rings. The number of nitrogens with zero attached hydrogens (tertiary/aromatic N) is 3. The molecule has 2 aromatic carbocycles. The average molecular weight is 372 g/mol. The summed E-state index contributed by atoms with van der Waals surface area (Å²) in [4.78, 5) is 7.61. The highest BCUT2D eigenvalue weighted by Crippen LogP contribution is 2.46. The maximum Gasteiger partial charge on any atom is 0.109 e. The molecular weight excluding hydrogens is 342 g/mol. The maximum absolute atomic E-state index is 4.86. The highest BCUT2D eigenvalue weighted by molar-refractivity contribution is 5.59. The normalized spacial score (nSPS) is 24.5. The van der Waals surface area contributed by atoms with Crippen LogP contribution < -0.4 is 0 Å². The first-order chi connectivity index (χ1) is 13.8. The van der Waals surface area contributed by atoms with Crippen molar-refractivity contribution < 1.29 is 0 Å². The van der Waals surface area contributed by atoms with E-state index in [4.69, 9.17) is 4.98 Å². The number of rotatable bonds is 4. The van der Waals surface area contributed by atoms with Crippen LogP contribution in [0, 0.1) is 0 Å². The van der Waals surface area contributed by atoms with E-state index < -0.39 is 0 Å². The molecule has 0 radical (unpaired) electrons. The topological polar surface area (TPSA) is 21.1 Å². The fourth-order valence-corrected chi connectivity index (χ4v) is 5.57. The monoisotopic (exact) mass is 371 g/mol. The van der Waals surface area contributed by atoms with Crippen LogP contribution in [0.25, 0.3) is 11.3 Å². The van der Waals surface area contributed by atoms with Gasteiger partial charge < -0.3 is 4.57 Å². The van der Waals surface area contributed by atoms with Crippen LogP contribution in [0.5, 0.6) is 0 Å². The van der Waals surface area contributed by atoms with Crippen LogP contribution in [-0.2, 0) is 18.4 Å². The number of imidazole rings is 1. The van der Waals surface area contributed by atoms with Gasteiger partial charge in [0.2, 0.25) is 0 Å². The number of fused-ring (bicyclic) bond motifs is 2. The number of benzene rings is 2. The summed E-state index contributed by atoms with van der Waals surface area (Å²) in [6.07, 6.45) is 6.79. The Bertz CT molecular complexity index is 931. The van der Waals surface area contributed by atoms with Crippen molar-refractivity contribution in [3.05, 3.63) is 78.2 Å². The lowest BCUT2D eigenvalue weighted by molar-refractivity contribution is 0.185. The van der Waals surface area contributed by atoms with Crippen molar-refractivity contribution in [1.29, 1.82) is 0 Å². The van der Waals surface area contributed by atoms with Gasteiger partial charge in [0.05, 0.1) is 11.9 Å². The molecule has 1 saturated heterocycles. The molecular formula is C25H29N3. The van der Waals surface area contributed by atoms with Crippen molar-refractivity contribution in [2.75, 3.05) is 13.1 Å². The van der Waals surface area contributed by atoms with E-state index in [1.807, 2.05) is 0 Å². The van der Waals surface area contributed by atoms with Crippen LogP contribution in [0.3, 0.4) is 0 Å². The van der Waals surface area contributed by atoms with Gasteiger partial charge in [-0.3, -0.25) is 4.90 Å². The van der Waals surface area contributed by atoms with Crippen molar-refractivity contribution in [2.45, 2.75) is 50.6 Å². The van der Waals surface area contributed by atoms with Crippen molar-refractivity contribution >= 4 is 0 Å². The fraction of sp³-hybridized carbons (Fsp3) is 0.400. The zero-order valence-electron chi connectivity index (χ0n) is 16.7. The quantitative estimate of drug-likeness (QED) is 0.649. The maximum atomic E-state index is 4.86. The largest absolute Gasteiger partial charge is 0.326 e. The van der Waals surface area contributed by atoms with Gasteiger partial charge in [-0.25, -0.2) is 4.98 Å². The van der Waals surface area contributed by atoms with E-state index in [0.717, 1.165) is 13.0 Å². The van der Waals surface area contributed by atoms with Crippen LogP contribution >= 0.6 is 0 Å². The Morgan fingerprint density at radius 2 is 1.75 bits per heavy atom. The summed E-state index contributed by atoms with van der Waals surface area (Å²) < 4.78 is 2.51. The lowest BCUT2D eigenvalue weighted by atomic mass is 9.71. The number of hydrogen-bond acceptors (Lipinski definition) is 2. The van der Waals surface area contributed by atoms with Gasteiger partial charge in [0.15, 0.2) is 0 Å². The molecule has 0 N–H and O–H groups in total. The van der Waals surface area contributed by atoms with Gasteiger partial charge >= 0.3 is 0 Å². The van der Waals surface area contributed by atoms with Gasteiger partial charge in [-0.1, -0.05) is 67.6 Å². The third-order valence-electron chi connectivity index (χ3n) is 6.94. The summed E-state index contributed by atoms with van der Waals surface area (Å²) in [5, 5.41) is 0. The summed E-state index contributed by atoms with van der Waals surface area (Å²) in [5.41, 5.74) is 4.30. The molecule has 3 nitrogen and oxygen atoms in total. The van der Waals surface area contributed by atoms with Crippen molar-refractivity contribution in [2.24, 2.45) is 0 Å². The molecule has 3 heteroatoms. The van der Waals surface area contributed by atoms with E-state index in [1.165, 1.54) is 55.0 Å². The second kappa shape index (κ2) is 7.21. The molecule has 28 heavy (non-hydrogen) atoms. The van der Waals surface area contributed by atoms with E-state index in [9.17, 15) is 0 Å². The Morgan fingerprint density at radius 1 is 1.00 bits per heavy atom. The second-order valence-corrected chi connectivity index (χ2v) is 8.36. The predicted molar refractivity (Wildman–Crippen MR) is 114 cm³/mol. The van der Waals surface area contributed by atoms with Gasteiger partial charge in [-0.15, -0.1) is 0 Å². The van der Waals surface area contributed by atoms with E-state index >= 15 is 0 Å². The smallest absolute Gasteiger partial charge is 0.109 e. The van der Waals surface area contributed by atoms with Crippen LogP contribution in [0.2, 0.25) is 0 Å². The molecule has 2 aliphatic rings. The Morgan fingerprint density at radius 3 is 2.50 bits per heavy atom. The zero-order chi connectivity index (χ0) is 19.0. The summed E-state index contributed by atoms with van der Waals surface area (Å²) in [7, 11) is 0. The Kier molecular flexibility index (Phi) is 4.56. The molecule has 0 amide bonds. The summed E-state index contributed by atoms with van der Waals surface area (Å²) in [5.74, 6) is 1.25. The van der Waals surface area contributed by atoms with E-state index in [0.29, 0.717) is 6.04 Å². The van der Waals surface area contributed by atoms with Gasteiger partial charge in [0.25, 0.3) is 0 Å².